The van der Waals surface area contributed by atoms with Crippen molar-refractivity contribution in [3.63, 3.8) is 0 Å². The van der Waals surface area contributed by atoms with Gasteiger partial charge in [0.25, 0.3) is 5.91 Å². The molecule has 3 aromatic carbocycles. The molecule has 4 rings (SSSR count). The second-order valence-electron chi connectivity index (χ2n) is 7.32. The number of rotatable bonds is 5. The molecular weight excluding hydrogens is 463 g/mol. The summed E-state index contributed by atoms with van der Waals surface area (Å²) in [5.41, 5.74) is -0.521. The lowest BCUT2D eigenvalue weighted by Gasteiger charge is -2.12. The Morgan fingerprint density at radius 3 is 2.43 bits per heavy atom. The van der Waals surface area contributed by atoms with E-state index in [0.717, 1.165) is 12.1 Å². The molecule has 10 heteroatoms. The molecule has 35 heavy (non-hydrogen) atoms. The van der Waals surface area contributed by atoms with Crippen molar-refractivity contribution in [1.29, 1.82) is 0 Å². The summed E-state index contributed by atoms with van der Waals surface area (Å²) >= 11 is 0. The molecule has 0 unspecified atom stereocenters. The van der Waals surface area contributed by atoms with Crippen LogP contribution < -0.4 is 15.4 Å². The van der Waals surface area contributed by atoms with Crippen LogP contribution in [-0.2, 0) is 10.9 Å². The third kappa shape index (κ3) is 5.67. The average molecular weight is 481 g/mol. The van der Waals surface area contributed by atoms with Crippen LogP contribution in [0.15, 0.2) is 79.0 Å². The Kier molecular flexibility index (Phi) is 6.54. The average Bonchev–Trinajstić information content (AvgIpc) is 2.83. The van der Waals surface area contributed by atoms with E-state index in [1.807, 2.05) is 0 Å². The van der Waals surface area contributed by atoms with Gasteiger partial charge < -0.3 is 14.8 Å². The molecule has 0 aliphatic heterocycles. The number of aromatic nitrogens is 1. The van der Waals surface area contributed by atoms with Gasteiger partial charge in [0, 0.05) is 23.5 Å². The summed E-state index contributed by atoms with van der Waals surface area (Å²) in [6.45, 7) is 0. The normalized spacial score (nSPS) is 11.1. The lowest BCUT2D eigenvalue weighted by molar-refractivity contribution is -0.137. The number of methoxy groups -OCH3 is 1. The van der Waals surface area contributed by atoms with Gasteiger partial charge in [-0.25, -0.2) is 9.78 Å². The standard InChI is InChI=1S/C25H18F3N3O4/c1-34-24(33)31-22-14-19(10-11-29-22)35-18-8-9-20-15(12-18)4-2-7-21(20)23(32)30-17-6-3-5-16(13-17)25(26,27)28/h2-14H,1H3,(H,30,32)(H,29,31,33). The molecule has 0 spiro atoms. The van der Waals surface area contributed by atoms with E-state index in [4.69, 9.17) is 4.74 Å². The number of nitrogens with zero attached hydrogens (tertiary/aromatic N) is 1. The Morgan fingerprint density at radius 2 is 1.66 bits per heavy atom. The lowest BCUT2D eigenvalue weighted by atomic mass is 10.0. The van der Waals surface area contributed by atoms with Crippen molar-refractivity contribution in [2.75, 3.05) is 17.7 Å². The van der Waals surface area contributed by atoms with Gasteiger partial charge in [-0.2, -0.15) is 13.2 Å². The number of hydrogen-bond donors (Lipinski definition) is 2. The number of amides is 2. The predicted molar refractivity (Wildman–Crippen MR) is 124 cm³/mol. The number of hydrogen-bond acceptors (Lipinski definition) is 5. The summed E-state index contributed by atoms with van der Waals surface area (Å²) in [7, 11) is 1.24. The number of anilines is 2. The fourth-order valence-electron chi connectivity index (χ4n) is 3.33. The van der Waals surface area contributed by atoms with Gasteiger partial charge in [0.1, 0.15) is 17.3 Å². The van der Waals surface area contributed by atoms with Crippen LogP contribution in [0.2, 0.25) is 0 Å². The maximum Gasteiger partial charge on any atom is 0.416 e. The topological polar surface area (TPSA) is 89.5 Å². The van der Waals surface area contributed by atoms with Gasteiger partial charge >= 0.3 is 12.3 Å². The van der Waals surface area contributed by atoms with E-state index in [9.17, 15) is 22.8 Å². The van der Waals surface area contributed by atoms with Crippen LogP contribution in [0.3, 0.4) is 0 Å². The van der Waals surface area contributed by atoms with Gasteiger partial charge in [-0.3, -0.25) is 10.1 Å². The number of carbonyl (C=O) groups is 2. The van der Waals surface area contributed by atoms with E-state index < -0.39 is 23.7 Å². The van der Waals surface area contributed by atoms with Gasteiger partial charge in [-0.1, -0.05) is 18.2 Å². The molecule has 178 valence electrons. The monoisotopic (exact) mass is 481 g/mol. The van der Waals surface area contributed by atoms with Crippen LogP contribution in [0.5, 0.6) is 11.5 Å². The van der Waals surface area contributed by atoms with Crippen LogP contribution >= 0.6 is 0 Å². The number of fused-ring (bicyclic) bond motifs is 1. The second-order valence-corrected chi connectivity index (χ2v) is 7.32. The molecule has 2 N–H and O–H groups in total. The largest absolute Gasteiger partial charge is 0.457 e. The molecule has 0 saturated heterocycles. The van der Waals surface area contributed by atoms with Crippen molar-refractivity contribution >= 4 is 34.3 Å². The molecule has 0 fully saturated rings. The number of benzene rings is 3. The minimum absolute atomic E-state index is 0.0378. The summed E-state index contributed by atoms with van der Waals surface area (Å²) in [6, 6.07) is 17.6. The maximum atomic E-state index is 13.0. The van der Waals surface area contributed by atoms with E-state index in [2.05, 4.69) is 20.4 Å². The highest BCUT2D eigenvalue weighted by molar-refractivity contribution is 6.13. The second kappa shape index (κ2) is 9.72. The molecule has 2 amide bonds. The molecule has 0 aliphatic carbocycles. The van der Waals surface area contributed by atoms with E-state index in [-0.39, 0.29) is 11.5 Å². The van der Waals surface area contributed by atoms with Crippen molar-refractivity contribution < 1.29 is 32.2 Å². The van der Waals surface area contributed by atoms with Crippen molar-refractivity contribution in [2.24, 2.45) is 0 Å². The van der Waals surface area contributed by atoms with Gasteiger partial charge in [-0.05, 0) is 59.3 Å². The van der Waals surface area contributed by atoms with Crippen LogP contribution in [0, 0.1) is 0 Å². The summed E-state index contributed by atoms with van der Waals surface area (Å²) < 4.78 is 49.3. The van der Waals surface area contributed by atoms with Crippen LogP contribution in [0.4, 0.5) is 29.5 Å². The summed E-state index contributed by atoms with van der Waals surface area (Å²) in [4.78, 5) is 28.2. The fraction of sp³-hybridized carbons (Fsp3) is 0.0800. The highest BCUT2D eigenvalue weighted by atomic mass is 19.4. The highest BCUT2D eigenvalue weighted by Crippen LogP contribution is 2.32. The first-order valence-corrected chi connectivity index (χ1v) is 10.2. The van der Waals surface area contributed by atoms with Crippen molar-refractivity contribution in [2.45, 2.75) is 6.18 Å². The van der Waals surface area contributed by atoms with Crippen molar-refractivity contribution in [3.8, 4) is 11.5 Å². The smallest absolute Gasteiger partial charge is 0.416 e. The summed E-state index contributed by atoms with van der Waals surface area (Å²) in [6.07, 6.45) is -3.73. The van der Waals surface area contributed by atoms with E-state index >= 15 is 0 Å². The van der Waals surface area contributed by atoms with Crippen LogP contribution in [0.1, 0.15) is 15.9 Å². The third-order valence-electron chi connectivity index (χ3n) is 4.93. The molecule has 0 radical (unpaired) electrons. The number of nitrogens with one attached hydrogen (secondary N) is 2. The maximum absolute atomic E-state index is 13.0. The summed E-state index contributed by atoms with van der Waals surface area (Å²) in [5.74, 6) is 0.562. The molecule has 0 atom stereocenters. The van der Waals surface area contributed by atoms with Gasteiger partial charge in [0.15, 0.2) is 0 Å². The Labute approximate surface area is 197 Å². The van der Waals surface area contributed by atoms with E-state index in [1.165, 1.54) is 31.5 Å². The predicted octanol–water partition coefficient (Wildman–Crippen LogP) is 6.48. The van der Waals surface area contributed by atoms with E-state index in [1.54, 1.807) is 42.5 Å². The first-order chi connectivity index (χ1) is 16.7. The molecule has 1 heterocycles. The molecule has 7 nitrogen and oxygen atoms in total. The number of carbonyl (C=O) groups excluding carboxylic acids is 2. The summed E-state index contributed by atoms with van der Waals surface area (Å²) in [5, 5.41) is 6.23. The minimum atomic E-state index is -4.51. The number of pyridine rings is 1. The molecular formula is C25H18F3N3O4. The molecule has 0 saturated carbocycles. The Bertz CT molecular complexity index is 1410. The van der Waals surface area contributed by atoms with Gasteiger partial charge in [0.2, 0.25) is 0 Å². The Balaban J connectivity index is 1.55. The van der Waals surface area contributed by atoms with Gasteiger partial charge in [-0.15, -0.1) is 0 Å². The highest BCUT2D eigenvalue weighted by Gasteiger charge is 2.30. The van der Waals surface area contributed by atoms with Crippen LogP contribution in [-0.4, -0.2) is 24.1 Å². The number of ether oxygens (including phenoxy) is 2. The first-order valence-electron chi connectivity index (χ1n) is 10.2. The van der Waals surface area contributed by atoms with Crippen molar-refractivity contribution in [3.05, 3.63) is 90.1 Å². The fourth-order valence-corrected chi connectivity index (χ4v) is 3.33. The number of alkyl halides is 3. The van der Waals surface area contributed by atoms with Crippen molar-refractivity contribution in [1.82, 2.24) is 4.98 Å². The quantitative estimate of drug-likeness (QED) is 0.341. The number of halogens is 3. The van der Waals surface area contributed by atoms with E-state index in [0.29, 0.717) is 27.8 Å². The SMILES string of the molecule is COC(=O)Nc1cc(Oc2ccc3c(C(=O)Nc4cccc(C(F)(F)F)c4)cccc3c2)ccn1. The van der Waals surface area contributed by atoms with Gasteiger partial charge in [0.05, 0.1) is 12.7 Å². The molecule has 0 bridgehead atoms. The molecule has 0 aliphatic rings. The first kappa shape index (κ1) is 23.6. The Morgan fingerprint density at radius 1 is 0.886 bits per heavy atom. The zero-order valence-corrected chi connectivity index (χ0v) is 18.2. The zero-order valence-electron chi connectivity index (χ0n) is 18.2. The van der Waals surface area contributed by atoms with Crippen LogP contribution in [0.25, 0.3) is 10.8 Å². The molecule has 1 aromatic heterocycles. The molecule has 4 aromatic rings. The third-order valence-corrected chi connectivity index (χ3v) is 4.93. The lowest BCUT2D eigenvalue weighted by Crippen LogP contribution is -2.13. The zero-order chi connectivity index (χ0) is 25.0. The Hall–Kier alpha value is -4.60. The minimum Gasteiger partial charge on any atom is -0.457 e.